The first-order valence-electron chi connectivity index (χ1n) is 3.52. The van der Waals surface area contributed by atoms with Gasteiger partial charge in [0, 0.05) is 10.1 Å². The predicted octanol–water partition coefficient (Wildman–Crippen LogP) is 3.13. The smallest absolute Gasteiger partial charge is 0.123 e. The van der Waals surface area contributed by atoms with Gasteiger partial charge < -0.3 is 0 Å². The average Bonchev–Trinajstić information content (AvgIpc) is 1.93. The standard InChI is InChI=1S/C9H10FS/c1-7(2)11-9-5-3-8(10)4-6-9/h3-5,7H,1-2H3. The van der Waals surface area contributed by atoms with Crippen molar-refractivity contribution < 1.29 is 4.39 Å². The van der Waals surface area contributed by atoms with Crippen LogP contribution in [-0.4, -0.2) is 5.25 Å². The number of hydrogen-bond acceptors (Lipinski definition) is 1. The molecule has 0 N–H and O–H groups in total. The van der Waals surface area contributed by atoms with Gasteiger partial charge in [-0.25, -0.2) is 4.39 Å². The first-order valence-corrected chi connectivity index (χ1v) is 4.40. The summed E-state index contributed by atoms with van der Waals surface area (Å²) >= 11 is 1.68. The summed E-state index contributed by atoms with van der Waals surface area (Å²) in [5.74, 6) is -0.224. The van der Waals surface area contributed by atoms with Crippen molar-refractivity contribution in [3.05, 3.63) is 30.1 Å². The number of rotatable bonds is 2. The third-order valence-electron chi connectivity index (χ3n) is 1.11. The highest BCUT2D eigenvalue weighted by atomic mass is 32.2. The second-order valence-corrected chi connectivity index (χ2v) is 4.16. The van der Waals surface area contributed by atoms with Crippen LogP contribution in [0.3, 0.4) is 0 Å². The average molecular weight is 169 g/mol. The van der Waals surface area contributed by atoms with E-state index in [2.05, 4.69) is 19.9 Å². The normalized spacial score (nSPS) is 10.5. The molecule has 0 spiro atoms. The molecule has 2 heteroatoms. The maximum absolute atomic E-state index is 12.4. The lowest BCUT2D eigenvalue weighted by molar-refractivity contribution is 0.626. The summed E-state index contributed by atoms with van der Waals surface area (Å²) in [6, 6.07) is 7.43. The molecule has 1 radical (unpaired) electrons. The van der Waals surface area contributed by atoms with Crippen LogP contribution in [0.4, 0.5) is 4.39 Å². The van der Waals surface area contributed by atoms with E-state index < -0.39 is 0 Å². The van der Waals surface area contributed by atoms with Crippen LogP contribution in [0.25, 0.3) is 0 Å². The van der Waals surface area contributed by atoms with Crippen LogP contribution < -0.4 is 0 Å². The SMILES string of the molecule is CC(C)Sc1[c]cc(F)cc1. The largest absolute Gasteiger partial charge is 0.207 e. The Kier molecular flexibility index (Phi) is 2.94. The fraction of sp³-hybridized carbons (Fsp3) is 0.333. The summed E-state index contributed by atoms with van der Waals surface area (Å²) in [6.45, 7) is 4.20. The molecule has 1 aromatic rings. The summed E-state index contributed by atoms with van der Waals surface area (Å²) in [4.78, 5) is 1.00. The molecule has 0 aromatic heterocycles. The van der Waals surface area contributed by atoms with Crippen LogP contribution in [0, 0.1) is 11.9 Å². The number of hydrogen-bond donors (Lipinski definition) is 0. The van der Waals surface area contributed by atoms with Crippen LogP contribution in [0.15, 0.2) is 23.1 Å². The van der Waals surface area contributed by atoms with Gasteiger partial charge in [0.25, 0.3) is 0 Å². The van der Waals surface area contributed by atoms with Crippen molar-refractivity contribution in [2.24, 2.45) is 0 Å². The van der Waals surface area contributed by atoms with E-state index in [0.29, 0.717) is 5.25 Å². The highest BCUT2D eigenvalue weighted by Crippen LogP contribution is 2.21. The Morgan fingerprint density at radius 3 is 2.64 bits per heavy atom. The second-order valence-electron chi connectivity index (χ2n) is 2.54. The Hall–Kier alpha value is -0.500. The zero-order valence-corrected chi connectivity index (χ0v) is 7.41. The number of halogens is 1. The summed E-state index contributed by atoms with van der Waals surface area (Å²) in [6.07, 6.45) is 0. The molecule has 1 aromatic carbocycles. The molecule has 0 heterocycles. The fourth-order valence-corrected chi connectivity index (χ4v) is 1.50. The molecule has 11 heavy (non-hydrogen) atoms. The molecule has 0 aliphatic rings. The molecule has 0 amide bonds. The minimum Gasteiger partial charge on any atom is -0.207 e. The van der Waals surface area contributed by atoms with Gasteiger partial charge >= 0.3 is 0 Å². The van der Waals surface area contributed by atoms with E-state index in [1.165, 1.54) is 12.1 Å². The molecule has 0 aliphatic heterocycles. The van der Waals surface area contributed by atoms with E-state index >= 15 is 0 Å². The Morgan fingerprint density at radius 2 is 2.18 bits per heavy atom. The molecule has 0 saturated heterocycles. The molecular weight excluding hydrogens is 159 g/mol. The third-order valence-corrected chi connectivity index (χ3v) is 2.09. The zero-order chi connectivity index (χ0) is 8.27. The van der Waals surface area contributed by atoms with Gasteiger partial charge in [0.15, 0.2) is 0 Å². The molecule has 0 saturated carbocycles. The Bertz CT molecular complexity index is 216. The second kappa shape index (κ2) is 3.77. The van der Waals surface area contributed by atoms with Crippen molar-refractivity contribution >= 4 is 11.8 Å². The van der Waals surface area contributed by atoms with Crippen molar-refractivity contribution in [3.8, 4) is 0 Å². The van der Waals surface area contributed by atoms with Crippen molar-refractivity contribution in [2.45, 2.75) is 24.0 Å². The predicted molar refractivity (Wildman–Crippen MR) is 46.2 cm³/mol. The van der Waals surface area contributed by atoms with Crippen LogP contribution in [0.5, 0.6) is 0 Å². The van der Waals surface area contributed by atoms with Gasteiger partial charge in [-0.1, -0.05) is 13.8 Å². The van der Waals surface area contributed by atoms with Crippen molar-refractivity contribution in [1.29, 1.82) is 0 Å². The van der Waals surface area contributed by atoms with E-state index in [-0.39, 0.29) is 5.82 Å². The number of benzene rings is 1. The summed E-state index contributed by atoms with van der Waals surface area (Å²) < 4.78 is 12.4. The monoisotopic (exact) mass is 169 g/mol. The van der Waals surface area contributed by atoms with Crippen molar-refractivity contribution in [2.75, 3.05) is 0 Å². The molecular formula is C9H10FS. The first-order chi connectivity index (χ1) is 5.18. The summed E-state index contributed by atoms with van der Waals surface area (Å²) in [5, 5.41) is 0.525. The molecule has 0 unspecified atom stereocenters. The van der Waals surface area contributed by atoms with Gasteiger partial charge in [-0.3, -0.25) is 0 Å². The van der Waals surface area contributed by atoms with E-state index in [1.807, 2.05) is 0 Å². The van der Waals surface area contributed by atoms with Crippen LogP contribution in [0.1, 0.15) is 13.8 Å². The van der Waals surface area contributed by atoms with Gasteiger partial charge in [0.2, 0.25) is 0 Å². The quantitative estimate of drug-likeness (QED) is 0.613. The topological polar surface area (TPSA) is 0 Å². The minimum atomic E-state index is -0.224. The van der Waals surface area contributed by atoms with Crippen LogP contribution >= 0.6 is 11.8 Å². The Morgan fingerprint density at radius 1 is 1.45 bits per heavy atom. The number of thioether (sulfide) groups is 1. The Labute approximate surface area is 70.8 Å². The van der Waals surface area contributed by atoms with Crippen LogP contribution in [-0.2, 0) is 0 Å². The molecule has 0 aliphatic carbocycles. The van der Waals surface area contributed by atoms with E-state index in [4.69, 9.17) is 0 Å². The minimum absolute atomic E-state index is 0.224. The maximum atomic E-state index is 12.4. The van der Waals surface area contributed by atoms with E-state index in [0.717, 1.165) is 4.90 Å². The lowest BCUT2D eigenvalue weighted by Gasteiger charge is -2.02. The van der Waals surface area contributed by atoms with Crippen LogP contribution in [0.2, 0.25) is 0 Å². The zero-order valence-electron chi connectivity index (χ0n) is 6.60. The van der Waals surface area contributed by atoms with Crippen molar-refractivity contribution in [1.82, 2.24) is 0 Å². The van der Waals surface area contributed by atoms with E-state index in [1.54, 1.807) is 17.8 Å². The van der Waals surface area contributed by atoms with Gasteiger partial charge in [-0.2, -0.15) is 0 Å². The molecule has 1 rings (SSSR count). The molecule has 0 nitrogen and oxygen atoms in total. The highest BCUT2D eigenvalue weighted by molar-refractivity contribution is 7.99. The molecule has 0 fully saturated rings. The maximum Gasteiger partial charge on any atom is 0.123 e. The summed E-state index contributed by atoms with van der Waals surface area (Å²) in [7, 11) is 0. The lowest BCUT2D eigenvalue weighted by Crippen LogP contribution is -1.85. The molecule has 0 atom stereocenters. The van der Waals surface area contributed by atoms with Gasteiger partial charge in [0.1, 0.15) is 5.82 Å². The van der Waals surface area contributed by atoms with Crippen molar-refractivity contribution in [3.63, 3.8) is 0 Å². The van der Waals surface area contributed by atoms with E-state index in [9.17, 15) is 4.39 Å². The van der Waals surface area contributed by atoms with Gasteiger partial charge in [0.05, 0.1) is 0 Å². The molecule has 0 bridgehead atoms. The molecule has 59 valence electrons. The summed E-state index contributed by atoms with van der Waals surface area (Å²) in [5.41, 5.74) is 0. The first kappa shape index (κ1) is 8.60. The fourth-order valence-electron chi connectivity index (χ4n) is 0.719. The van der Waals surface area contributed by atoms with Gasteiger partial charge in [-0.05, 0) is 24.3 Å². The lowest BCUT2D eigenvalue weighted by atomic mass is 10.4. The third kappa shape index (κ3) is 2.93. The van der Waals surface area contributed by atoms with Gasteiger partial charge in [-0.15, -0.1) is 11.8 Å². The Balaban J connectivity index is 2.66. The highest BCUT2D eigenvalue weighted by Gasteiger charge is 1.97.